The molecule has 0 radical (unpaired) electrons. The molecular formula is C20H16ClF3N4O3. The first kappa shape index (κ1) is 21.0. The van der Waals surface area contributed by atoms with Gasteiger partial charge in [-0.05, 0) is 29.3 Å². The normalized spacial score (nSPS) is 16.4. The predicted octanol–water partition coefficient (Wildman–Crippen LogP) is 4.04. The molecule has 1 fully saturated rings. The number of rotatable bonds is 5. The van der Waals surface area contributed by atoms with Gasteiger partial charge in [0.1, 0.15) is 16.9 Å². The van der Waals surface area contributed by atoms with Crippen LogP contribution >= 0.6 is 11.6 Å². The van der Waals surface area contributed by atoms with Gasteiger partial charge in [0.05, 0.1) is 18.4 Å². The number of alkyl halides is 3. The minimum Gasteiger partial charge on any atom is -0.472 e. The number of nitrogens with zero attached hydrogens (tertiary/aromatic N) is 3. The van der Waals surface area contributed by atoms with E-state index in [0.717, 1.165) is 5.56 Å². The first-order chi connectivity index (χ1) is 14.8. The highest BCUT2D eigenvalue weighted by Crippen LogP contribution is 2.29. The summed E-state index contributed by atoms with van der Waals surface area (Å²) >= 11 is 6.07. The lowest BCUT2D eigenvalue weighted by molar-refractivity contribution is -0.274. The maximum Gasteiger partial charge on any atom is 0.573 e. The van der Waals surface area contributed by atoms with Gasteiger partial charge in [-0.3, -0.25) is 4.79 Å². The number of nitrogens with one attached hydrogen (secondary N) is 1. The zero-order valence-electron chi connectivity index (χ0n) is 15.9. The van der Waals surface area contributed by atoms with Crippen molar-refractivity contribution in [1.29, 1.82) is 0 Å². The topological polar surface area (TPSA) is 80.3 Å². The molecule has 4 rings (SSSR count). The van der Waals surface area contributed by atoms with E-state index in [0.29, 0.717) is 36.6 Å². The van der Waals surface area contributed by atoms with Crippen LogP contribution in [-0.2, 0) is 0 Å². The summed E-state index contributed by atoms with van der Waals surface area (Å²) < 4.78 is 46.8. The first-order valence-electron chi connectivity index (χ1n) is 9.25. The third kappa shape index (κ3) is 5.08. The van der Waals surface area contributed by atoms with Crippen molar-refractivity contribution >= 4 is 17.3 Å². The van der Waals surface area contributed by atoms with Gasteiger partial charge < -0.3 is 14.4 Å². The molecule has 7 nitrogen and oxygen atoms in total. The van der Waals surface area contributed by atoms with Crippen LogP contribution in [0.2, 0.25) is 5.02 Å². The Bertz CT molecular complexity index is 1120. The molecule has 0 bridgehead atoms. The van der Waals surface area contributed by atoms with Crippen molar-refractivity contribution in [2.75, 3.05) is 18.0 Å². The van der Waals surface area contributed by atoms with Crippen LogP contribution in [0.3, 0.4) is 0 Å². The predicted molar refractivity (Wildman–Crippen MR) is 107 cm³/mol. The molecule has 2 aromatic heterocycles. The third-order valence-corrected chi connectivity index (χ3v) is 5.07. The van der Waals surface area contributed by atoms with Gasteiger partial charge in [0.15, 0.2) is 0 Å². The molecule has 162 valence electrons. The Morgan fingerprint density at radius 2 is 1.94 bits per heavy atom. The number of hydrogen-bond donors (Lipinski definition) is 1. The smallest absolute Gasteiger partial charge is 0.472 e. The lowest BCUT2D eigenvalue weighted by atomic mass is 10.1. The number of pyridine rings is 1. The van der Waals surface area contributed by atoms with Crippen LogP contribution in [0.15, 0.2) is 53.6 Å². The van der Waals surface area contributed by atoms with Crippen molar-refractivity contribution in [3.8, 4) is 22.8 Å². The Labute approximate surface area is 179 Å². The minimum atomic E-state index is -4.73. The minimum absolute atomic E-state index is 0.0775. The number of hydrogen-bond acceptors (Lipinski definition) is 6. The molecule has 1 saturated heterocycles. The zero-order chi connectivity index (χ0) is 22.0. The number of ether oxygens (including phenoxy) is 2. The molecule has 1 N–H and O–H groups in total. The molecule has 3 aromatic rings. The molecule has 0 unspecified atom stereocenters. The molecule has 1 atom stereocenters. The highest BCUT2D eigenvalue weighted by molar-refractivity contribution is 6.33. The quantitative estimate of drug-likeness (QED) is 0.629. The van der Waals surface area contributed by atoms with Crippen LogP contribution in [0.4, 0.5) is 18.9 Å². The van der Waals surface area contributed by atoms with Crippen molar-refractivity contribution in [3.05, 3.63) is 64.2 Å². The van der Waals surface area contributed by atoms with Crippen LogP contribution in [0.25, 0.3) is 11.1 Å². The molecule has 0 spiro atoms. The Morgan fingerprint density at radius 1 is 1.16 bits per heavy atom. The molecule has 0 amide bonds. The zero-order valence-corrected chi connectivity index (χ0v) is 16.7. The second-order valence-corrected chi connectivity index (χ2v) is 7.21. The third-order valence-electron chi connectivity index (χ3n) is 4.71. The Hall–Kier alpha value is -3.27. The van der Waals surface area contributed by atoms with Gasteiger partial charge in [-0.1, -0.05) is 23.7 Å². The van der Waals surface area contributed by atoms with E-state index in [2.05, 4.69) is 19.9 Å². The standard InChI is InChI=1S/C20H16ClF3N4O3/c21-18-16(10-26-27-19(18)29)28-8-6-15(11-28)30-17-9-13(5-7-25-17)12-1-3-14(4-2-12)31-20(22,23)24/h1-5,7,9-10,15H,6,8,11H2,(H,27,29)/t15-/m1/s1. The largest absolute Gasteiger partial charge is 0.573 e. The lowest BCUT2D eigenvalue weighted by Gasteiger charge is -2.19. The number of halogens is 4. The summed E-state index contributed by atoms with van der Waals surface area (Å²) in [6, 6.07) is 8.99. The Kier molecular flexibility index (Phi) is 5.73. The second-order valence-electron chi connectivity index (χ2n) is 6.83. The van der Waals surface area contributed by atoms with Gasteiger partial charge in [0.25, 0.3) is 5.56 Å². The van der Waals surface area contributed by atoms with Crippen molar-refractivity contribution in [3.63, 3.8) is 0 Å². The summed E-state index contributed by atoms with van der Waals surface area (Å²) in [5.41, 5.74) is 1.51. The monoisotopic (exact) mass is 452 g/mol. The van der Waals surface area contributed by atoms with E-state index in [9.17, 15) is 18.0 Å². The Balaban J connectivity index is 1.43. The van der Waals surface area contributed by atoms with Crippen molar-refractivity contribution in [1.82, 2.24) is 15.2 Å². The molecule has 11 heteroatoms. The summed E-state index contributed by atoms with van der Waals surface area (Å²) in [5.74, 6) is 0.0934. The lowest BCUT2D eigenvalue weighted by Crippen LogP contribution is -2.26. The molecule has 1 aliphatic heterocycles. The molecule has 0 aliphatic carbocycles. The van der Waals surface area contributed by atoms with Gasteiger partial charge in [-0.15, -0.1) is 13.2 Å². The maximum atomic E-state index is 12.3. The second kappa shape index (κ2) is 8.46. The van der Waals surface area contributed by atoms with Crippen LogP contribution in [0.1, 0.15) is 6.42 Å². The highest BCUT2D eigenvalue weighted by atomic mass is 35.5. The van der Waals surface area contributed by atoms with Crippen LogP contribution in [0.5, 0.6) is 11.6 Å². The summed E-state index contributed by atoms with van der Waals surface area (Å²) in [4.78, 5) is 17.8. The van der Waals surface area contributed by atoms with Crippen LogP contribution in [0, 0.1) is 0 Å². The summed E-state index contributed by atoms with van der Waals surface area (Å²) in [5, 5.41) is 6.14. The maximum absolute atomic E-state index is 12.3. The number of aromatic nitrogens is 3. The fraction of sp³-hybridized carbons (Fsp3) is 0.250. The van der Waals surface area contributed by atoms with Crippen molar-refractivity contribution in [2.24, 2.45) is 0 Å². The van der Waals surface area contributed by atoms with Crippen molar-refractivity contribution < 1.29 is 22.6 Å². The highest BCUT2D eigenvalue weighted by Gasteiger charge is 2.31. The van der Waals surface area contributed by atoms with Gasteiger partial charge in [-0.2, -0.15) is 5.10 Å². The fourth-order valence-electron chi connectivity index (χ4n) is 3.31. The average molecular weight is 453 g/mol. The molecule has 1 aliphatic rings. The summed E-state index contributed by atoms with van der Waals surface area (Å²) in [6.45, 7) is 1.14. The number of H-pyrrole nitrogens is 1. The Morgan fingerprint density at radius 3 is 2.68 bits per heavy atom. The first-order valence-corrected chi connectivity index (χ1v) is 9.63. The fourth-order valence-corrected chi connectivity index (χ4v) is 3.52. The van der Waals surface area contributed by atoms with Gasteiger partial charge >= 0.3 is 6.36 Å². The molecule has 1 aromatic carbocycles. The molecule has 31 heavy (non-hydrogen) atoms. The van der Waals surface area contributed by atoms with E-state index < -0.39 is 11.9 Å². The van der Waals surface area contributed by atoms with E-state index in [-0.39, 0.29) is 16.9 Å². The molecule has 3 heterocycles. The molecular weight excluding hydrogens is 437 g/mol. The van der Waals surface area contributed by atoms with Gasteiger partial charge in [0.2, 0.25) is 5.88 Å². The average Bonchev–Trinajstić information content (AvgIpc) is 3.18. The van der Waals surface area contributed by atoms with Crippen LogP contribution < -0.4 is 19.9 Å². The van der Waals surface area contributed by atoms with E-state index in [1.165, 1.54) is 30.5 Å². The SMILES string of the molecule is O=c1[nH]ncc(N2CC[C@@H](Oc3cc(-c4ccc(OC(F)(F)F)cc4)ccn3)C2)c1Cl. The van der Waals surface area contributed by atoms with E-state index in [1.54, 1.807) is 18.3 Å². The van der Waals surface area contributed by atoms with Gasteiger partial charge in [0, 0.05) is 25.2 Å². The summed E-state index contributed by atoms with van der Waals surface area (Å²) in [7, 11) is 0. The molecule has 0 saturated carbocycles. The van der Waals surface area contributed by atoms with Crippen LogP contribution in [-0.4, -0.2) is 40.7 Å². The van der Waals surface area contributed by atoms with E-state index in [1.807, 2.05) is 4.90 Å². The van der Waals surface area contributed by atoms with Crippen molar-refractivity contribution in [2.45, 2.75) is 18.9 Å². The number of anilines is 1. The number of benzene rings is 1. The van der Waals surface area contributed by atoms with E-state index >= 15 is 0 Å². The van der Waals surface area contributed by atoms with Gasteiger partial charge in [-0.25, -0.2) is 10.1 Å². The summed E-state index contributed by atoms with van der Waals surface area (Å²) in [6.07, 6.45) is -1.16. The van der Waals surface area contributed by atoms with E-state index in [4.69, 9.17) is 16.3 Å². The number of aromatic amines is 1.